The standard InChI is InChI=1S/C15H23FN2O/c16-13-7-5-12(6-8-13)15(11-17)18-9-1-3-14(18)4-2-10-19/h5-8,14-15,19H,1-4,9-11,17H2. The van der Waals surface area contributed by atoms with Crippen LogP contribution < -0.4 is 5.73 Å². The van der Waals surface area contributed by atoms with Gasteiger partial charge in [-0.15, -0.1) is 0 Å². The Bertz CT molecular complexity index is 382. The van der Waals surface area contributed by atoms with Gasteiger partial charge in [0.05, 0.1) is 0 Å². The van der Waals surface area contributed by atoms with Crippen LogP contribution >= 0.6 is 0 Å². The third kappa shape index (κ3) is 3.53. The van der Waals surface area contributed by atoms with Crippen molar-refractivity contribution in [2.45, 2.75) is 37.8 Å². The molecule has 3 nitrogen and oxygen atoms in total. The number of likely N-dealkylation sites (tertiary alicyclic amines) is 1. The fourth-order valence-electron chi connectivity index (χ4n) is 3.05. The Kier molecular flexibility index (Phi) is 5.31. The zero-order valence-electron chi connectivity index (χ0n) is 11.3. The summed E-state index contributed by atoms with van der Waals surface area (Å²) in [6, 6.07) is 7.30. The number of hydrogen-bond acceptors (Lipinski definition) is 3. The molecule has 0 radical (unpaired) electrons. The van der Waals surface area contributed by atoms with Crippen LogP contribution in [0, 0.1) is 5.82 Å². The Hall–Kier alpha value is -0.970. The van der Waals surface area contributed by atoms with Gasteiger partial charge in [-0.05, 0) is 49.9 Å². The van der Waals surface area contributed by atoms with Gasteiger partial charge in [0.25, 0.3) is 0 Å². The molecule has 2 rings (SSSR count). The van der Waals surface area contributed by atoms with Crippen molar-refractivity contribution in [3.63, 3.8) is 0 Å². The van der Waals surface area contributed by atoms with Crippen LogP contribution in [0.25, 0.3) is 0 Å². The molecule has 0 amide bonds. The molecule has 4 heteroatoms. The van der Waals surface area contributed by atoms with Gasteiger partial charge in [0.15, 0.2) is 0 Å². The van der Waals surface area contributed by atoms with Crippen molar-refractivity contribution < 1.29 is 9.50 Å². The van der Waals surface area contributed by atoms with Gasteiger partial charge >= 0.3 is 0 Å². The van der Waals surface area contributed by atoms with E-state index in [1.165, 1.54) is 18.6 Å². The van der Waals surface area contributed by atoms with Gasteiger partial charge in [0.1, 0.15) is 5.82 Å². The van der Waals surface area contributed by atoms with Crippen LogP contribution in [0.1, 0.15) is 37.3 Å². The van der Waals surface area contributed by atoms with Gasteiger partial charge in [0.2, 0.25) is 0 Å². The van der Waals surface area contributed by atoms with Crippen molar-refractivity contribution in [1.82, 2.24) is 4.90 Å². The molecular weight excluding hydrogens is 243 g/mol. The van der Waals surface area contributed by atoms with Crippen molar-refractivity contribution in [3.05, 3.63) is 35.6 Å². The highest BCUT2D eigenvalue weighted by atomic mass is 19.1. The van der Waals surface area contributed by atoms with E-state index in [1.807, 2.05) is 12.1 Å². The lowest BCUT2D eigenvalue weighted by Crippen LogP contribution is -2.37. The van der Waals surface area contributed by atoms with E-state index in [4.69, 9.17) is 10.8 Å². The predicted molar refractivity (Wildman–Crippen MR) is 74.2 cm³/mol. The molecule has 0 bridgehead atoms. The van der Waals surface area contributed by atoms with Gasteiger partial charge in [0, 0.05) is 25.2 Å². The van der Waals surface area contributed by atoms with Gasteiger partial charge in [-0.2, -0.15) is 0 Å². The lowest BCUT2D eigenvalue weighted by atomic mass is 10.0. The third-order valence-corrected chi connectivity index (χ3v) is 4.00. The zero-order chi connectivity index (χ0) is 13.7. The van der Waals surface area contributed by atoms with Crippen LogP contribution in [0.2, 0.25) is 0 Å². The first kappa shape index (κ1) is 14.4. The highest BCUT2D eigenvalue weighted by molar-refractivity contribution is 5.21. The molecule has 1 aromatic rings. The Morgan fingerprint density at radius 3 is 2.74 bits per heavy atom. The molecule has 0 aliphatic carbocycles. The number of nitrogens with zero attached hydrogens (tertiary/aromatic N) is 1. The summed E-state index contributed by atoms with van der Waals surface area (Å²) in [5, 5.41) is 8.97. The second-order valence-corrected chi connectivity index (χ2v) is 5.20. The minimum atomic E-state index is -0.210. The van der Waals surface area contributed by atoms with E-state index in [-0.39, 0.29) is 18.5 Å². The maximum Gasteiger partial charge on any atom is 0.123 e. The molecule has 2 unspecified atom stereocenters. The summed E-state index contributed by atoms with van der Waals surface area (Å²) in [6.45, 7) is 1.82. The van der Waals surface area contributed by atoms with Crippen LogP contribution in [0.15, 0.2) is 24.3 Å². The average molecular weight is 266 g/mol. The molecule has 1 aliphatic heterocycles. The highest BCUT2D eigenvalue weighted by Crippen LogP contribution is 2.31. The van der Waals surface area contributed by atoms with Crippen LogP contribution in [-0.2, 0) is 0 Å². The molecule has 3 N–H and O–H groups in total. The number of halogens is 1. The molecule has 0 saturated carbocycles. The van der Waals surface area contributed by atoms with E-state index < -0.39 is 0 Å². The maximum atomic E-state index is 13.0. The molecule has 1 heterocycles. The van der Waals surface area contributed by atoms with Crippen LogP contribution in [0.3, 0.4) is 0 Å². The van der Waals surface area contributed by atoms with Gasteiger partial charge in [-0.1, -0.05) is 12.1 Å². The minimum absolute atomic E-state index is 0.159. The Morgan fingerprint density at radius 2 is 2.11 bits per heavy atom. The smallest absolute Gasteiger partial charge is 0.123 e. The van der Waals surface area contributed by atoms with E-state index in [0.29, 0.717) is 12.6 Å². The minimum Gasteiger partial charge on any atom is -0.396 e. The summed E-state index contributed by atoms with van der Waals surface area (Å²) >= 11 is 0. The van der Waals surface area contributed by atoms with Crippen molar-refractivity contribution in [2.24, 2.45) is 5.73 Å². The number of nitrogens with two attached hydrogens (primary N) is 1. The van der Waals surface area contributed by atoms with Gasteiger partial charge < -0.3 is 10.8 Å². The Morgan fingerprint density at radius 1 is 1.37 bits per heavy atom. The molecule has 106 valence electrons. The molecule has 1 fully saturated rings. The van der Waals surface area contributed by atoms with Crippen LogP contribution in [-0.4, -0.2) is 35.7 Å². The van der Waals surface area contributed by atoms with Crippen molar-refractivity contribution in [2.75, 3.05) is 19.7 Å². The third-order valence-electron chi connectivity index (χ3n) is 4.00. The molecule has 1 aliphatic rings. The Balaban J connectivity index is 2.09. The second-order valence-electron chi connectivity index (χ2n) is 5.20. The fourth-order valence-corrected chi connectivity index (χ4v) is 3.05. The number of benzene rings is 1. The molecule has 2 atom stereocenters. The number of rotatable bonds is 6. The zero-order valence-corrected chi connectivity index (χ0v) is 11.3. The predicted octanol–water partition coefficient (Wildman–Crippen LogP) is 2.06. The molecular formula is C15H23FN2O. The molecule has 1 aromatic carbocycles. The molecule has 0 spiro atoms. The summed E-state index contributed by atoms with van der Waals surface area (Å²) in [5.74, 6) is -0.210. The summed E-state index contributed by atoms with van der Waals surface area (Å²) in [4.78, 5) is 2.42. The number of hydrogen-bond donors (Lipinski definition) is 2. The second kappa shape index (κ2) is 6.98. The summed E-state index contributed by atoms with van der Waals surface area (Å²) < 4.78 is 13.0. The van der Waals surface area contributed by atoms with Crippen LogP contribution in [0.5, 0.6) is 0 Å². The van der Waals surface area contributed by atoms with Crippen LogP contribution in [0.4, 0.5) is 4.39 Å². The van der Waals surface area contributed by atoms with Gasteiger partial charge in [-0.3, -0.25) is 4.90 Å². The first-order chi connectivity index (χ1) is 9.26. The largest absolute Gasteiger partial charge is 0.396 e. The quantitative estimate of drug-likeness (QED) is 0.828. The van der Waals surface area contributed by atoms with Crippen molar-refractivity contribution in [1.29, 1.82) is 0 Å². The van der Waals surface area contributed by atoms with Crippen molar-refractivity contribution in [3.8, 4) is 0 Å². The van der Waals surface area contributed by atoms with Gasteiger partial charge in [-0.25, -0.2) is 4.39 Å². The number of aliphatic hydroxyl groups excluding tert-OH is 1. The van der Waals surface area contributed by atoms with E-state index in [0.717, 1.165) is 31.4 Å². The lowest BCUT2D eigenvalue weighted by Gasteiger charge is -2.32. The van der Waals surface area contributed by atoms with E-state index >= 15 is 0 Å². The first-order valence-corrected chi connectivity index (χ1v) is 7.08. The first-order valence-electron chi connectivity index (χ1n) is 7.08. The highest BCUT2D eigenvalue weighted by Gasteiger charge is 2.30. The maximum absolute atomic E-state index is 13.0. The number of aliphatic hydroxyl groups is 1. The Labute approximate surface area is 114 Å². The van der Waals surface area contributed by atoms with E-state index in [2.05, 4.69) is 4.90 Å². The van der Waals surface area contributed by atoms with Crippen molar-refractivity contribution >= 4 is 0 Å². The topological polar surface area (TPSA) is 49.5 Å². The normalized spacial score (nSPS) is 21.7. The molecule has 1 saturated heterocycles. The summed E-state index contributed by atoms with van der Waals surface area (Å²) in [6.07, 6.45) is 4.18. The molecule has 19 heavy (non-hydrogen) atoms. The monoisotopic (exact) mass is 266 g/mol. The lowest BCUT2D eigenvalue weighted by molar-refractivity contribution is 0.165. The van der Waals surface area contributed by atoms with E-state index in [9.17, 15) is 4.39 Å². The fraction of sp³-hybridized carbons (Fsp3) is 0.600. The van der Waals surface area contributed by atoms with E-state index in [1.54, 1.807) is 0 Å². The SMILES string of the molecule is NCC(c1ccc(F)cc1)N1CCCC1CCCO. The average Bonchev–Trinajstić information content (AvgIpc) is 2.88. The summed E-state index contributed by atoms with van der Waals surface area (Å²) in [7, 11) is 0. The molecule has 0 aromatic heterocycles. The summed E-state index contributed by atoms with van der Waals surface area (Å²) in [5.41, 5.74) is 7.01.